The fourth-order valence-electron chi connectivity index (χ4n) is 2.98. The Kier molecular flexibility index (Phi) is 9.05. The highest BCUT2D eigenvalue weighted by Gasteiger charge is 2.29. The third-order valence-corrected chi connectivity index (χ3v) is 4.69. The number of carbonyl (C=O) groups excluding carboxylic acids is 3. The fraction of sp³-hybridized carbons (Fsp3) is 0.304. The third kappa shape index (κ3) is 7.82. The smallest absolute Gasteiger partial charge is 0.408 e. The molecule has 0 fully saturated rings. The van der Waals surface area contributed by atoms with E-state index in [0.717, 1.165) is 11.1 Å². The van der Waals surface area contributed by atoms with Gasteiger partial charge in [0.25, 0.3) is 0 Å². The number of nitriles is 1. The second-order valence-corrected chi connectivity index (χ2v) is 7.18. The summed E-state index contributed by atoms with van der Waals surface area (Å²) in [5, 5.41) is 14.0. The molecule has 0 saturated heterocycles. The van der Waals surface area contributed by atoms with Gasteiger partial charge in [0.2, 0.25) is 11.8 Å². The maximum atomic E-state index is 12.9. The molecule has 0 radical (unpaired) electrons. The molecule has 0 spiro atoms. The van der Waals surface area contributed by atoms with E-state index in [1.807, 2.05) is 66.7 Å². The number of alkyl carbamates (subject to hydrolysis) is 1. The minimum Gasteiger partial charge on any atom is -0.445 e. The van der Waals surface area contributed by atoms with Crippen molar-refractivity contribution in [2.75, 3.05) is 0 Å². The van der Waals surface area contributed by atoms with Crippen LogP contribution in [0.5, 0.6) is 0 Å². The highest BCUT2D eigenvalue weighted by Crippen LogP contribution is 2.10. The zero-order chi connectivity index (χ0) is 22.6. The first kappa shape index (κ1) is 23.4. The number of benzene rings is 2. The largest absolute Gasteiger partial charge is 0.445 e. The number of amides is 3. The second kappa shape index (κ2) is 12.0. The first-order chi connectivity index (χ1) is 14.9. The number of carbonyl (C=O) groups is 3. The summed E-state index contributed by atoms with van der Waals surface area (Å²) in [6.07, 6.45) is -0.532. The zero-order valence-corrected chi connectivity index (χ0v) is 17.3. The zero-order valence-electron chi connectivity index (χ0n) is 17.3. The maximum Gasteiger partial charge on any atom is 0.408 e. The van der Waals surface area contributed by atoms with Gasteiger partial charge in [-0.05, 0) is 17.0 Å². The molecule has 0 heterocycles. The van der Waals surface area contributed by atoms with Crippen LogP contribution < -0.4 is 16.4 Å². The molecule has 2 aromatic rings. The van der Waals surface area contributed by atoms with Gasteiger partial charge in [0.05, 0.1) is 6.07 Å². The van der Waals surface area contributed by atoms with Gasteiger partial charge in [-0.25, -0.2) is 4.79 Å². The molecule has 0 aromatic heterocycles. The van der Waals surface area contributed by atoms with Crippen LogP contribution in [0.1, 0.15) is 24.5 Å². The lowest BCUT2D eigenvalue weighted by Gasteiger charge is -2.24. The Balaban J connectivity index is 2.09. The maximum absolute atomic E-state index is 12.9. The van der Waals surface area contributed by atoms with E-state index < -0.39 is 35.9 Å². The molecule has 2 aromatic carbocycles. The van der Waals surface area contributed by atoms with Gasteiger partial charge >= 0.3 is 6.09 Å². The van der Waals surface area contributed by atoms with Gasteiger partial charge in [-0.15, -0.1) is 0 Å². The standard InChI is InChI=1S/C23H26N4O4/c1-16(12-13-24)20(21(25)28)27-22(29)19(14-17-8-4-2-5-9-17)26-23(30)31-15-18-10-6-3-7-11-18/h2-11,16,19-20H,12,14-15H2,1H3,(H2,25,28)(H,26,30)(H,27,29)/t16-,19-,20-/m0/s1. The Labute approximate surface area is 181 Å². The first-order valence-electron chi connectivity index (χ1n) is 9.88. The summed E-state index contributed by atoms with van der Waals surface area (Å²) in [6.45, 7) is 1.70. The number of hydrogen-bond acceptors (Lipinski definition) is 5. The summed E-state index contributed by atoms with van der Waals surface area (Å²) in [4.78, 5) is 37.0. The summed E-state index contributed by atoms with van der Waals surface area (Å²) in [5.74, 6) is -1.82. The van der Waals surface area contributed by atoms with Crippen molar-refractivity contribution in [1.29, 1.82) is 5.26 Å². The lowest BCUT2D eigenvalue weighted by Crippen LogP contribution is -2.55. The SMILES string of the molecule is C[C@@H](CC#N)[C@H](NC(=O)[C@H](Cc1ccccc1)NC(=O)OCc1ccccc1)C(N)=O. The number of primary amides is 1. The molecule has 4 N–H and O–H groups in total. The van der Waals surface area contributed by atoms with Crippen LogP contribution in [0.3, 0.4) is 0 Å². The van der Waals surface area contributed by atoms with E-state index >= 15 is 0 Å². The monoisotopic (exact) mass is 422 g/mol. The molecule has 0 saturated carbocycles. The van der Waals surface area contributed by atoms with Crippen LogP contribution in [0, 0.1) is 17.2 Å². The van der Waals surface area contributed by atoms with Gasteiger partial charge in [0.15, 0.2) is 0 Å². The molecular weight excluding hydrogens is 396 g/mol. The van der Waals surface area contributed by atoms with E-state index in [2.05, 4.69) is 10.6 Å². The molecule has 0 bridgehead atoms. The molecule has 3 atom stereocenters. The van der Waals surface area contributed by atoms with Crippen LogP contribution in [0.4, 0.5) is 4.79 Å². The van der Waals surface area contributed by atoms with Crippen molar-refractivity contribution in [3.63, 3.8) is 0 Å². The van der Waals surface area contributed by atoms with Crippen LogP contribution in [-0.2, 0) is 27.4 Å². The Bertz CT molecular complexity index is 912. The summed E-state index contributed by atoms with van der Waals surface area (Å²) >= 11 is 0. The van der Waals surface area contributed by atoms with Crippen molar-refractivity contribution in [2.45, 2.75) is 38.5 Å². The predicted octanol–water partition coefficient (Wildman–Crippen LogP) is 2.04. The van der Waals surface area contributed by atoms with Crippen LogP contribution >= 0.6 is 0 Å². The van der Waals surface area contributed by atoms with Crippen LogP contribution in [-0.4, -0.2) is 30.0 Å². The second-order valence-electron chi connectivity index (χ2n) is 7.18. The average molecular weight is 422 g/mol. The van der Waals surface area contributed by atoms with E-state index in [0.29, 0.717) is 0 Å². The van der Waals surface area contributed by atoms with Crippen LogP contribution in [0.2, 0.25) is 0 Å². The molecule has 0 aliphatic heterocycles. The van der Waals surface area contributed by atoms with Gasteiger partial charge < -0.3 is 21.1 Å². The fourth-order valence-corrected chi connectivity index (χ4v) is 2.98. The topological polar surface area (TPSA) is 134 Å². The molecule has 3 amide bonds. The summed E-state index contributed by atoms with van der Waals surface area (Å²) in [5.41, 5.74) is 7.03. The van der Waals surface area contributed by atoms with Crippen LogP contribution in [0.25, 0.3) is 0 Å². The quantitative estimate of drug-likeness (QED) is 0.539. The Morgan fingerprint density at radius 2 is 1.58 bits per heavy atom. The Hall–Kier alpha value is -3.86. The van der Waals surface area contributed by atoms with Gasteiger partial charge in [-0.1, -0.05) is 67.6 Å². The third-order valence-electron chi connectivity index (χ3n) is 4.69. The van der Waals surface area contributed by atoms with Gasteiger partial charge in [-0.2, -0.15) is 5.26 Å². The molecule has 8 heteroatoms. The van der Waals surface area contributed by atoms with Gasteiger partial charge in [-0.3, -0.25) is 9.59 Å². The average Bonchev–Trinajstić information content (AvgIpc) is 2.76. The summed E-state index contributed by atoms with van der Waals surface area (Å²) in [7, 11) is 0. The predicted molar refractivity (Wildman–Crippen MR) is 114 cm³/mol. The Morgan fingerprint density at radius 1 is 1.00 bits per heavy atom. The first-order valence-corrected chi connectivity index (χ1v) is 9.88. The van der Waals surface area contributed by atoms with Crippen molar-refractivity contribution in [2.24, 2.45) is 11.7 Å². The van der Waals surface area contributed by atoms with Crippen molar-refractivity contribution in [3.05, 3.63) is 71.8 Å². The van der Waals surface area contributed by atoms with E-state index in [-0.39, 0.29) is 19.4 Å². The highest BCUT2D eigenvalue weighted by atomic mass is 16.5. The number of ether oxygens (including phenoxy) is 1. The lowest BCUT2D eigenvalue weighted by atomic mass is 9.97. The van der Waals surface area contributed by atoms with Crippen LogP contribution in [0.15, 0.2) is 60.7 Å². The number of nitrogens with two attached hydrogens (primary N) is 1. The van der Waals surface area contributed by atoms with Crippen molar-refractivity contribution in [1.82, 2.24) is 10.6 Å². The molecule has 2 rings (SSSR count). The minimum atomic E-state index is -1.03. The molecule has 0 aliphatic carbocycles. The van der Waals surface area contributed by atoms with Gasteiger partial charge in [0.1, 0.15) is 18.7 Å². The minimum absolute atomic E-state index is 0.0454. The van der Waals surface area contributed by atoms with Crippen molar-refractivity contribution < 1.29 is 19.1 Å². The number of rotatable bonds is 10. The molecular formula is C23H26N4O4. The molecule has 0 aliphatic rings. The van der Waals surface area contributed by atoms with E-state index in [4.69, 9.17) is 15.7 Å². The van der Waals surface area contributed by atoms with Gasteiger partial charge in [0, 0.05) is 12.8 Å². The number of hydrogen-bond donors (Lipinski definition) is 3. The number of nitrogens with one attached hydrogen (secondary N) is 2. The number of nitrogens with zero attached hydrogens (tertiary/aromatic N) is 1. The van der Waals surface area contributed by atoms with E-state index in [1.165, 1.54) is 0 Å². The summed E-state index contributed by atoms with van der Waals surface area (Å²) < 4.78 is 5.22. The van der Waals surface area contributed by atoms with E-state index in [9.17, 15) is 14.4 Å². The highest BCUT2D eigenvalue weighted by molar-refractivity contribution is 5.91. The molecule has 162 valence electrons. The summed E-state index contributed by atoms with van der Waals surface area (Å²) in [6, 6.07) is 18.2. The van der Waals surface area contributed by atoms with Crippen molar-refractivity contribution >= 4 is 17.9 Å². The van der Waals surface area contributed by atoms with Crippen molar-refractivity contribution in [3.8, 4) is 6.07 Å². The molecule has 31 heavy (non-hydrogen) atoms. The lowest BCUT2D eigenvalue weighted by molar-refractivity contribution is -0.129. The van der Waals surface area contributed by atoms with E-state index in [1.54, 1.807) is 6.92 Å². The Morgan fingerprint density at radius 3 is 2.13 bits per heavy atom. The molecule has 8 nitrogen and oxygen atoms in total. The normalized spacial score (nSPS) is 13.2. The molecule has 0 unspecified atom stereocenters.